The second-order valence-corrected chi connectivity index (χ2v) is 3.81. The molecule has 0 fully saturated rings. The van der Waals surface area contributed by atoms with Gasteiger partial charge in [-0.2, -0.15) is 0 Å². The van der Waals surface area contributed by atoms with Crippen molar-refractivity contribution in [3.05, 3.63) is 0 Å². The summed E-state index contributed by atoms with van der Waals surface area (Å²) >= 11 is 6.67. The standard InChI is InChI=1S/C7H14Br2O/c1-2-6(5-9)7(10)3-4-8/h6-7,10H,2-5H2,1H3. The summed E-state index contributed by atoms with van der Waals surface area (Å²) in [5.74, 6) is 0.414. The lowest BCUT2D eigenvalue weighted by Crippen LogP contribution is -2.21. The topological polar surface area (TPSA) is 20.2 Å². The van der Waals surface area contributed by atoms with Crippen LogP contribution in [-0.4, -0.2) is 21.9 Å². The zero-order chi connectivity index (χ0) is 7.98. The Morgan fingerprint density at radius 2 is 2.00 bits per heavy atom. The van der Waals surface area contributed by atoms with E-state index in [1.165, 1.54) is 0 Å². The normalized spacial score (nSPS) is 16.8. The number of hydrogen-bond acceptors (Lipinski definition) is 1. The molecule has 2 unspecified atom stereocenters. The second kappa shape index (κ2) is 6.62. The van der Waals surface area contributed by atoms with E-state index < -0.39 is 0 Å². The molecule has 0 aliphatic carbocycles. The third-order valence-electron chi connectivity index (χ3n) is 1.67. The Kier molecular flexibility index (Phi) is 7.23. The van der Waals surface area contributed by atoms with Gasteiger partial charge in [-0.3, -0.25) is 0 Å². The van der Waals surface area contributed by atoms with Crippen LogP contribution >= 0.6 is 31.9 Å². The predicted molar refractivity (Wildman–Crippen MR) is 52.0 cm³/mol. The first-order valence-electron chi connectivity index (χ1n) is 3.56. The third-order valence-corrected chi connectivity index (χ3v) is 2.96. The zero-order valence-corrected chi connectivity index (χ0v) is 9.36. The highest BCUT2D eigenvalue weighted by molar-refractivity contribution is 9.09. The quantitative estimate of drug-likeness (QED) is 0.764. The van der Waals surface area contributed by atoms with Crippen molar-refractivity contribution in [2.45, 2.75) is 25.9 Å². The lowest BCUT2D eigenvalue weighted by molar-refractivity contribution is 0.115. The molecule has 1 nitrogen and oxygen atoms in total. The maximum atomic E-state index is 9.45. The Morgan fingerprint density at radius 3 is 2.30 bits per heavy atom. The monoisotopic (exact) mass is 272 g/mol. The molecule has 0 aliphatic heterocycles. The summed E-state index contributed by atoms with van der Waals surface area (Å²) in [4.78, 5) is 0. The van der Waals surface area contributed by atoms with E-state index in [-0.39, 0.29) is 6.10 Å². The maximum Gasteiger partial charge on any atom is 0.0584 e. The van der Waals surface area contributed by atoms with Crippen molar-refractivity contribution in [1.82, 2.24) is 0 Å². The van der Waals surface area contributed by atoms with Crippen molar-refractivity contribution < 1.29 is 5.11 Å². The minimum atomic E-state index is -0.149. The molecule has 0 radical (unpaired) electrons. The van der Waals surface area contributed by atoms with Crippen molar-refractivity contribution >= 4 is 31.9 Å². The van der Waals surface area contributed by atoms with Gasteiger partial charge in [0.2, 0.25) is 0 Å². The minimum Gasteiger partial charge on any atom is -0.393 e. The first-order valence-corrected chi connectivity index (χ1v) is 5.80. The molecule has 62 valence electrons. The molecule has 10 heavy (non-hydrogen) atoms. The molecular weight excluding hydrogens is 260 g/mol. The van der Waals surface area contributed by atoms with Crippen molar-refractivity contribution in [3.8, 4) is 0 Å². The van der Waals surface area contributed by atoms with Crippen LogP contribution in [0.2, 0.25) is 0 Å². The highest BCUT2D eigenvalue weighted by Crippen LogP contribution is 2.15. The average Bonchev–Trinajstić information content (AvgIpc) is 1.91. The van der Waals surface area contributed by atoms with Gasteiger partial charge in [0.25, 0.3) is 0 Å². The molecule has 3 heteroatoms. The van der Waals surface area contributed by atoms with E-state index in [1.54, 1.807) is 0 Å². The van der Waals surface area contributed by atoms with Crippen LogP contribution in [0.15, 0.2) is 0 Å². The summed E-state index contributed by atoms with van der Waals surface area (Å²) in [6.07, 6.45) is 1.74. The summed E-state index contributed by atoms with van der Waals surface area (Å²) in [6.45, 7) is 2.10. The molecule has 0 heterocycles. The Morgan fingerprint density at radius 1 is 1.40 bits per heavy atom. The first kappa shape index (κ1) is 10.9. The van der Waals surface area contributed by atoms with E-state index in [1.807, 2.05) is 0 Å². The fourth-order valence-electron chi connectivity index (χ4n) is 0.832. The summed E-state index contributed by atoms with van der Waals surface area (Å²) in [6, 6.07) is 0. The maximum absolute atomic E-state index is 9.45. The Hall–Kier alpha value is 0.920. The van der Waals surface area contributed by atoms with E-state index in [0.717, 1.165) is 23.5 Å². The number of alkyl halides is 2. The fourth-order valence-corrected chi connectivity index (χ4v) is 2.19. The SMILES string of the molecule is CCC(CBr)C(O)CCBr. The molecule has 0 aromatic rings. The van der Waals surface area contributed by atoms with Crippen LogP contribution in [0.4, 0.5) is 0 Å². The summed E-state index contributed by atoms with van der Waals surface area (Å²) in [7, 11) is 0. The zero-order valence-electron chi connectivity index (χ0n) is 6.19. The first-order chi connectivity index (χ1) is 4.76. The number of aliphatic hydroxyl groups is 1. The molecule has 0 aliphatic rings. The molecular formula is C7H14Br2O. The number of hydrogen-bond donors (Lipinski definition) is 1. The smallest absolute Gasteiger partial charge is 0.0584 e. The lowest BCUT2D eigenvalue weighted by Gasteiger charge is -2.17. The van der Waals surface area contributed by atoms with Gasteiger partial charge < -0.3 is 5.11 Å². The third kappa shape index (κ3) is 3.94. The molecule has 2 atom stereocenters. The summed E-state index contributed by atoms with van der Waals surface area (Å²) < 4.78 is 0. The molecule has 0 saturated carbocycles. The Bertz CT molecular complexity index is 74.0. The highest BCUT2D eigenvalue weighted by atomic mass is 79.9. The molecule has 0 saturated heterocycles. The van der Waals surface area contributed by atoms with Crippen LogP contribution in [0, 0.1) is 5.92 Å². The van der Waals surface area contributed by atoms with Gasteiger partial charge in [0.15, 0.2) is 0 Å². The van der Waals surface area contributed by atoms with Crippen molar-refractivity contribution in [3.63, 3.8) is 0 Å². The van der Waals surface area contributed by atoms with E-state index in [9.17, 15) is 5.11 Å². The summed E-state index contributed by atoms with van der Waals surface area (Å²) in [5.41, 5.74) is 0. The molecule has 0 amide bonds. The van der Waals surface area contributed by atoms with E-state index in [2.05, 4.69) is 38.8 Å². The molecule has 0 bridgehead atoms. The van der Waals surface area contributed by atoms with Gasteiger partial charge in [0, 0.05) is 10.7 Å². The minimum absolute atomic E-state index is 0.149. The average molecular weight is 274 g/mol. The van der Waals surface area contributed by atoms with Gasteiger partial charge in [-0.1, -0.05) is 45.2 Å². The van der Waals surface area contributed by atoms with Crippen LogP contribution in [-0.2, 0) is 0 Å². The van der Waals surface area contributed by atoms with Crippen LogP contribution in [0.5, 0.6) is 0 Å². The van der Waals surface area contributed by atoms with Gasteiger partial charge in [-0.05, 0) is 12.3 Å². The van der Waals surface area contributed by atoms with Gasteiger partial charge in [-0.15, -0.1) is 0 Å². The predicted octanol–water partition coefficient (Wildman–Crippen LogP) is 2.55. The van der Waals surface area contributed by atoms with Crippen molar-refractivity contribution in [2.75, 3.05) is 10.7 Å². The number of rotatable bonds is 5. The molecule has 0 spiro atoms. The highest BCUT2D eigenvalue weighted by Gasteiger charge is 2.14. The van der Waals surface area contributed by atoms with E-state index in [4.69, 9.17) is 0 Å². The summed E-state index contributed by atoms with van der Waals surface area (Å²) in [5, 5.41) is 11.2. The van der Waals surface area contributed by atoms with E-state index in [0.29, 0.717) is 5.92 Å². The van der Waals surface area contributed by atoms with Crippen LogP contribution in [0.25, 0.3) is 0 Å². The van der Waals surface area contributed by atoms with E-state index >= 15 is 0 Å². The van der Waals surface area contributed by atoms with Crippen molar-refractivity contribution in [2.24, 2.45) is 5.92 Å². The van der Waals surface area contributed by atoms with Crippen LogP contribution in [0.3, 0.4) is 0 Å². The van der Waals surface area contributed by atoms with Gasteiger partial charge >= 0.3 is 0 Å². The van der Waals surface area contributed by atoms with Gasteiger partial charge in [-0.25, -0.2) is 0 Å². The molecule has 1 N–H and O–H groups in total. The van der Waals surface area contributed by atoms with Gasteiger partial charge in [0.05, 0.1) is 6.10 Å². The number of halogens is 2. The van der Waals surface area contributed by atoms with Crippen molar-refractivity contribution in [1.29, 1.82) is 0 Å². The Labute approximate surface area is 79.5 Å². The largest absolute Gasteiger partial charge is 0.393 e. The Balaban J connectivity index is 3.53. The lowest BCUT2D eigenvalue weighted by atomic mass is 10.0. The molecule has 0 aromatic carbocycles. The molecule has 0 aromatic heterocycles. The fraction of sp³-hybridized carbons (Fsp3) is 1.00. The molecule has 0 rings (SSSR count). The second-order valence-electron chi connectivity index (χ2n) is 2.37. The van der Waals surface area contributed by atoms with Crippen LogP contribution < -0.4 is 0 Å². The van der Waals surface area contributed by atoms with Gasteiger partial charge in [0.1, 0.15) is 0 Å². The number of aliphatic hydroxyl groups excluding tert-OH is 1. The van der Waals surface area contributed by atoms with Crippen LogP contribution in [0.1, 0.15) is 19.8 Å².